The summed E-state index contributed by atoms with van der Waals surface area (Å²) in [6.45, 7) is 2.86. The Hall–Kier alpha value is -2.88. The largest absolute Gasteiger partial charge is 0.545 e. The summed E-state index contributed by atoms with van der Waals surface area (Å²) in [7, 11) is 0. The van der Waals surface area contributed by atoms with Gasteiger partial charge in [0.05, 0.1) is 23.8 Å². The maximum absolute atomic E-state index is 11.5. The quantitative estimate of drug-likeness (QED) is 0.616. The molecule has 0 spiro atoms. The molecule has 0 aliphatic heterocycles. The predicted molar refractivity (Wildman–Crippen MR) is 96.5 cm³/mol. The highest BCUT2D eigenvalue weighted by Gasteiger charge is 2.08. The molecule has 4 nitrogen and oxygen atoms in total. The van der Waals surface area contributed by atoms with Gasteiger partial charge in [-0.2, -0.15) is 0 Å². The average Bonchev–Trinajstić information content (AvgIpc) is 2.64. The molecular weight excluding hydrogens is 314 g/mol. The summed E-state index contributed by atoms with van der Waals surface area (Å²) in [6, 6.07) is 16.3. The zero-order chi connectivity index (χ0) is 17.6. The van der Waals surface area contributed by atoms with Crippen molar-refractivity contribution in [3.63, 3.8) is 0 Å². The Morgan fingerprint density at radius 1 is 1.08 bits per heavy atom. The Morgan fingerprint density at radius 2 is 1.84 bits per heavy atom. The summed E-state index contributed by atoms with van der Waals surface area (Å²) in [4.78, 5) is 16.0. The second kappa shape index (κ2) is 7.79. The lowest BCUT2D eigenvalue weighted by Gasteiger charge is -2.11. The van der Waals surface area contributed by atoms with Crippen molar-refractivity contribution in [3.8, 4) is 17.0 Å². The van der Waals surface area contributed by atoms with Crippen LogP contribution < -0.4 is 9.84 Å². The number of rotatable bonds is 7. The Morgan fingerprint density at radius 3 is 2.56 bits per heavy atom. The van der Waals surface area contributed by atoms with Gasteiger partial charge in [-0.05, 0) is 42.8 Å². The van der Waals surface area contributed by atoms with Gasteiger partial charge in [0.25, 0.3) is 0 Å². The second-order valence-electron chi connectivity index (χ2n) is 5.94. The van der Waals surface area contributed by atoms with E-state index in [4.69, 9.17) is 4.74 Å². The lowest BCUT2D eigenvalue weighted by molar-refractivity contribution is -0.254. The number of hydrogen-bond donors (Lipinski definition) is 0. The topological polar surface area (TPSA) is 62.2 Å². The number of pyridine rings is 1. The predicted octanol–water partition coefficient (Wildman–Crippen LogP) is 3.83. The van der Waals surface area contributed by atoms with Crippen LogP contribution in [0.3, 0.4) is 0 Å². The number of hydrogen-bond acceptors (Lipinski definition) is 4. The number of carbonyl (C=O) groups is 1. The molecule has 0 saturated carbocycles. The number of unbranched alkanes of at least 4 members (excludes halogenated alkanes) is 2. The monoisotopic (exact) mass is 334 g/mol. The maximum Gasteiger partial charge on any atom is 0.119 e. The SMILES string of the molecule is CCCCCOc1ccc(-c2cc(C(=O)[O-])c3ccccc3n2)cc1. The van der Waals surface area contributed by atoms with Gasteiger partial charge in [0.2, 0.25) is 0 Å². The molecule has 0 N–H and O–H groups in total. The number of ether oxygens (including phenoxy) is 1. The first kappa shape index (κ1) is 17.0. The van der Waals surface area contributed by atoms with Gasteiger partial charge in [-0.3, -0.25) is 0 Å². The lowest BCUT2D eigenvalue weighted by atomic mass is 10.0. The summed E-state index contributed by atoms with van der Waals surface area (Å²) in [5.41, 5.74) is 2.24. The van der Waals surface area contributed by atoms with Gasteiger partial charge in [0.15, 0.2) is 0 Å². The van der Waals surface area contributed by atoms with Crippen LogP contribution in [0, 0.1) is 0 Å². The van der Waals surface area contributed by atoms with E-state index in [1.54, 1.807) is 24.3 Å². The van der Waals surface area contributed by atoms with Gasteiger partial charge in [-0.1, -0.05) is 38.0 Å². The van der Waals surface area contributed by atoms with E-state index in [1.807, 2.05) is 30.3 Å². The smallest absolute Gasteiger partial charge is 0.119 e. The average molecular weight is 334 g/mol. The first-order valence-corrected chi connectivity index (χ1v) is 8.53. The van der Waals surface area contributed by atoms with Crippen molar-refractivity contribution in [2.24, 2.45) is 0 Å². The van der Waals surface area contributed by atoms with Crippen molar-refractivity contribution in [1.82, 2.24) is 4.98 Å². The number of carbonyl (C=O) groups excluding carboxylic acids is 1. The fourth-order valence-electron chi connectivity index (χ4n) is 2.76. The highest BCUT2D eigenvalue weighted by molar-refractivity contribution is 6.02. The molecule has 0 fully saturated rings. The Labute approximate surface area is 147 Å². The number of carboxylic acid groups (broad SMARTS) is 1. The van der Waals surface area contributed by atoms with Crippen molar-refractivity contribution in [2.45, 2.75) is 26.2 Å². The Kier molecular flexibility index (Phi) is 5.29. The van der Waals surface area contributed by atoms with E-state index in [1.165, 1.54) is 0 Å². The van der Waals surface area contributed by atoms with Crippen molar-refractivity contribution in [3.05, 3.63) is 60.2 Å². The number of aromatic nitrogens is 1. The van der Waals surface area contributed by atoms with E-state index in [0.29, 0.717) is 23.2 Å². The van der Waals surface area contributed by atoms with Gasteiger partial charge in [-0.25, -0.2) is 4.98 Å². The van der Waals surface area contributed by atoms with E-state index < -0.39 is 5.97 Å². The zero-order valence-corrected chi connectivity index (χ0v) is 14.2. The molecule has 2 aromatic carbocycles. The summed E-state index contributed by atoms with van der Waals surface area (Å²) in [6.07, 6.45) is 3.36. The molecule has 0 radical (unpaired) electrons. The van der Waals surface area contributed by atoms with Crippen LogP contribution in [0.15, 0.2) is 54.6 Å². The van der Waals surface area contributed by atoms with Crippen LogP contribution in [0.1, 0.15) is 36.5 Å². The normalized spacial score (nSPS) is 10.8. The standard InChI is InChI=1S/C21H21NO3/c1-2-3-6-13-25-16-11-9-15(10-12-16)20-14-18(21(23)24)17-7-4-5-8-19(17)22-20/h4-5,7-12,14H,2-3,6,13H2,1H3,(H,23,24)/p-1. The molecule has 4 heteroatoms. The van der Waals surface area contributed by atoms with Gasteiger partial charge >= 0.3 is 0 Å². The van der Waals surface area contributed by atoms with Gasteiger partial charge in [0, 0.05) is 16.5 Å². The van der Waals surface area contributed by atoms with Crippen LogP contribution in [0.5, 0.6) is 5.75 Å². The second-order valence-corrected chi connectivity index (χ2v) is 5.94. The number of nitrogens with zero attached hydrogens (tertiary/aromatic N) is 1. The van der Waals surface area contributed by atoms with Crippen LogP contribution in [0.2, 0.25) is 0 Å². The number of fused-ring (bicyclic) bond motifs is 1. The molecule has 1 aromatic heterocycles. The molecular formula is C21H20NO3-. The van der Waals surface area contributed by atoms with E-state index in [2.05, 4.69) is 11.9 Å². The molecule has 0 atom stereocenters. The van der Waals surface area contributed by atoms with Crippen LogP contribution >= 0.6 is 0 Å². The van der Waals surface area contributed by atoms with E-state index in [9.17, 15) is 9.90 Å². The highest BCUT2D eigenvalue weighted by atomic mass is 16.5. The van der Waals surface area contributed by atoms with Gasteiger partial charge in [-0.15, -0.1) is 0 Å². The van der Waals surface area contributed by atoms with E-state index in [0.717, 1.165) is 30.6 Å². The van der Waals surface area contributed by atoms with E-state index in [-0.39, 0.29) is 5.56 Å². The van der Waals surface area contributed by atoms with Crippen LogP contribution in [-0.2, 0) is 0 Å². The van der Waals surface area contributed by atoms with Crippen molar-refractivity contribution in [2.75, 3.05) is 6.61 Å². The number of aromatic carboxylic acids is 1. The molecule has 0 bridgehead atoms. The van der Waals surface area contributed by atoms with Crippen molar-refractivity contribution < 1.29 is 14.6 Å². The minimum atomic E-state index is -1.20. The Bertz CT molecular complexity index is 872. The molecule has 0 aliphatic rings. The fraction of sp³-hybridized carbons (Fsp3) is 0.238. The first-order valence-electron chi connectivity index (χ1n) is 8.53. The van der Waals surface area contributed by atoms with Gasteiger partial charge < -0.3 is 14.6 Å². The molecule has 25 heavy (non-hydrogen) atoms. The first-order chi connectivity index (χ1) is 12.2. The summed E-state index contributed by atoms with van der Waals surface area (Å²) < 4.78 is 5.71. The van der Waals surface area contributed by atoms with Crippen LogP contribution in [0.25, 0.3) is 22.2 Å². The minimum absolute atomic E-state index is 0.153. The Balaban J connectivity index is 1.87. The minimum Gasteiger partial charge on any atom is -0.545 e. The molecule has 0 unspecified atom stereocenters. The molecule has 0 aliphatic carbocycles. The third-order valence-electron chi connectivity index (χ3n) is 4.10. The fourth-order valence-corrected chi connectivity index (χ4v) is 2.76. The zero-order valence-electron chi connectivity index (χ0n) is 14.2. The third kappa shape index (κ3) is 3.97. The molecule has 1 heterocycles. The summed E-state index contributed by atoms with van der Waals surface area (Å²) in [5.74, 6) is -0.392. The molecule has 128 valence electrons. The lowest BCUT2D eigenvalue weighted by Crippen LogP contribution is -2.22. The molecule has 3 rings (SSSR count). The number of carboxylic acids is 1. The van der Waals surface area contributed by atoms with E-state index >= 15 is 0 Å². The highest BCUT2D eigenvalue weighted by Crippen LogP contribution is 2.26. The maximum atomic E-state index is 11.5. The van der Waals surface area contributed by atoms with Crippen molar-refractivity contribution >= 4 is 16.9 Å². The molecule has 0 amide bonds. The van der Waals surface area contributed by atoms with Crippen molar-refractivity contribution in [1.29, 1.82) is 0 Å². The van der Waals surface area contributed by atoms with Gasteiger partial charge in [0.1, 0.15) is 5.75 Å². The number of para-hydroxylation sites is 1. The van der Waals surface area contributed by atoms with Crippen LogP contribution in [0.4, 0.5) is 0 Å². The third-order valence-corrected chi connectivity index (χ3v) is 4.10. The molecule has 0 saturated heterocycles. The summed E-state index contributed by atoms with van der Waals surface area (Å²) >= 11 is 0. The van der Waals surface area contributed by atoms with Crippen LogP contribution in [-0.4, -0.2) is 17.6 Å². The molecule has 3 aromatic rings. The number of benzene rings is 2. The summed E-state index contributed by atoms with van der Waals surface area (Å²) in [5, 5.41) is 12.1.